The molecule has 0 atom stereocenters. The molecule has 0 saturated carbocycles. The van der Waals surface area contributed by atoms with Crippen molar-refractivity contribution in [2.45, 2.75) is 20.3 Å². The molecule has 0 aliphatic carbocycles. The summed E-state index contributed by atoms with van der Waals surface area (Å²) in [5.41, 5.74) is 1.21. The lowest BCUT2D eigenvalue weighted by Crippen LogP contribution is -2.06. The first-order chi connectivity index (χ1) is 9.54. The number of anilines is 1. The third kappa shape index (κ3) is 2.74. The van der Waals surface area contributed by atoms with E-state index >= 15 is 0 Å². The summed E-state index contributed by atoms with van der Waals surface area (Å²) < 4.78 is 39.6. The Hall–Kier alpha value is -2.11. The Morgan fingerprint density at radius 1 is 1.10 bits per heavy atom. The van der Waals surface area contributed by atoms with Crippen molar-refractivity contribution >= 4 is 5.82 Å². The van der Waals surface area contributed by atoms with Crippen LogP contribution in [0.1, 0.15) is 18.9 Å². The first-order valence-electron chi connectivity index (χ1n) is 6.25. The van der Waals surface area contributed by atoms with E-state index in [-0.39, 0.29) is 5.56 Å². The van der Waals surface area contributed by atoms with Crippen LogP contribution in [-0.2, 0) is 0 Å². The molecule has 20 heavy (non-hydrogen) atoms. The third-order valence-electron chi connectivity index (χ3n) is 2.88. The lowest BCUT2D eigenvalue weighted by atomic mass is 10.1. The van der Waals surface area contributed by atoms with Crippen LogP contribution in [0.2, 0.25) is 0 Å². The van der Waals surface area contributed by atoms with Gasteiger partial charge in [-0.25, -0.2) is 23.1 Å². The van der Waals surface area contributed by atoms with Gasteiger partial charge in [0.05, 0.1) is 5.69 Å². The van der Waals surface area contributed by atoms with Gasteiger partial charge < -0.3 is 5.32 Å². The topological polar surface area (TPSA) is 37.8 Å². The number of hydrogen-bond donors (Lipinski definition) is 1. The Balaban J connectivity index is 2.48. The average Bonchev–Trinajstić information content (AvgIpc) is 2.43. The van der Waals surface area contributed by atoms with Gasteiger partial charge in [0.15, 0.2) is 17.5 Å². The standard InChI is InChI=1S/C14H14F3N3/c1-3-4-18-14-8(2)13(19-7-20-14)9-5-10(15)12(17)11(16)6-9/h5-7H,3-4H2,1-2H3,(H,18,19,20). The molecule has 6 heteroatoms. The second-order valence-corrected chi connectivity index (χ2v) is 4.38. The summed E-state index contributed by atoms with van der Waals surface area (Å²) in [6.45, 7) is 4.48. The third-order valence-corrected chi connectivity index (χ3v) is 2.88. The smallest absolute Gasteiger partial charge is 0.194 e. The summed E-state index contributed by atoms with van der Waals surface area (Å²) >= 11 is 0. The minimum atomic E-state index is -1.48. The monoisotopic (exact) mass is 281 g/mol. The van der Waals surface area contributed by atoms with Gasteiger partial charge in [-0.3, -0.25) is 0 Å². The maximum atomic E-state index is 13.3. The largest absolute Gasteiger partial charge is 0.370 e. The van der Waals surface area contributed by atoms with Gasteiger partial charge in [0.2, 0.25) is 0 Å². The molecule has 0 aliphatic rings. The van der Waals surface area contributed by atoms with Crippen LogP contribution >= 0.6 is 0 Å². The predicted octanol–water partition coefficient (Wildman–Crippen LogP) is 3.69. The van der Waals surface area contributed by atoms with Crippen LogP contribution in [0.5, 0.6) is 0 Å². The molecule has 0 amide bonds. The van der Waals surface area contributed by atoms with E-state index in [1.54, 1.807) is 6.92 Å². The van der Waals surface area contributed by atoms with E-state index in [0.717, 1.165) is 25.1 Å². The second kappa shape index (κ2) is 5.90. The van der Waals surface area contributed by atoms with Crippen LogP contribution in [0.4, 0.5) is 19.0 Å². The fraction of sp³-hybridized carbons (Fsp3) is 0.286. The molecule has 0 unspecified atom stereocenters. The van der Waals surface area contributed by atoms with Crippen LogP contribution in [0, 0.1) is 24.4 Å². The quantitative estimate of drug-likeness (QED) is 0.868. The fourth-order valence-electron chi connectivity index (χ4n) is 1.86. The van der Waals surface area contributed by atoms with E-state index in [4.69, 9.17) is 0 Å². The zero-order chi connectivity index (χ0) is 14.7. The molecule has 106 valence electrons. The Kier molecular flexibility index (Phi) is 4.22. The van der Waals surface area contributed by atoms with Gasteiger partial charge in [0, 0.05) is 17.7 Å². The van der Waals surface area contributed by atoms with E-state index in [1.165, 1.54) is 6.33 Å². The lowest BCUT2D eigenvalue weighted by molar-refractivity contribution is 0.447. The summed E-state index contributed by atoms with van der Waals surface area (Å²) in [7, 11) is 0. The van der Waals surface area contributed by atoms with E-state index < -0.39 is 17.5 Å². The normalized spacial score (nSPS) is 10.7. The molecule has 0 spiro atoms. The highest BCUT2D eigenvalue weighted by Gasteiger charge is 2.15. The molecule has 1 aromatic carbocycles. The van der Waals surface area contributed by atoms with Crippen LogP contribution in [0.25, 0.3) is 11.3 Å². The van der Waals surface area contributed by atoms with Crippen molar-refractivity contribution in [3.05, 3.63) is 41.5 Å². The summed E-state index contributed by atoms with van der Waals surface area (Å²) in [5.74, 6) is -3.35. The van der Waals surface area contributed by atoms with Gasteiger partial charge in [-0.05, 0) is 25.5 Å². The maximum absolute atomic E-state index is 13.3. The first-order valence-corrected chi connectivity index (χ1v) is 6.25. The molecule has 1 heterocycles. The van der Waals surface area contributed by atoms with Crippen LogP contribution in [-0.4, -0.2) is 16.5 Å². The molecule has 0 fully saturated rings. The summed E-state index contributed by atoms with van der Waals surface area (Å²) in [6.07, 6.45) is 2.22. The summed E-state index contributed by atoms with van der Waals surface area (Å²) in [4.78, 5) is 8.10. The maximum Gasteiger partial charge on any atom is 0.194 e. The highest BCUT2D eigenvalue weighted by Crippen LogP contribution is 2.27. The number of benzene rings is 1. The van der Waals surface area contributed by atoms with Crippen molar-refractivity contribution in [1.82, 2.24) is 9.97 Å². The Morgan fingerprint density at radius 2 is 1.75 bits per heavy atom. The molecule has 1 N–H and O–H groups in total. The highest BCUT2D eigenvalue weighted by atomic mass is 19.2. The van der Waals surface area contributed by atoms with Crippen LogP contribution < -0.4 is 5.32 Å². The molecule has 0 radical (unpaired) electrons. The predicted molar refractivity (Wildman–Crippen MR) is 70.9 cm³/mol. The molecular formula is C14H14F3N3. The van der Waals surface area contributed by atoms with E-state index in [1.807, 2.05) is 6.92 Å². The second-order valence-electron chi connectivity index (χ2n) is 4.38. The van der Waals surface area contributed by atoms with E-state index in [2.05, 4.69) is 15.3 Å². The molecular weight excluding hydrogens is 267 g/mol. The Morgan fingerprint density at radius 3 is 2.35 bits per heavy atom. The van der Waals surface area contributed by atoms with Gasteiger partial charge in [-0.15, -0.1) is 0 Å². The number of nitrogens with one attached hydrogen (secondary N) is 1. The van der Waals surface area contributed by atoms with Gasteiger partial charge in [-0.2, -0.15) is 0 Å². The summed E-state index contributed by atoms with van der Waals surface area (Å²) in [5, 5.41) is 3.10. The zero-order valence-electron chi connectivity index (χ0n) is 11.2. The molecule has 1 aromatic heterocycles. The number of halogens is 3. The van der Waals surface area contributed by atoms with E-state index in [0.29, 0.717) is 17.1 Å². The molecule has 0 aliphatic heterocycles. The fourth-order valence-corrected chi connectivity index (χ4v) is 1.86. The van der Waals surface area contributed by atoms with Crippen molar-refractivity contribution in [2.75, 3.05) is 11.9 Å². The molecule has 2 rings (SSSR count). The molecule has 3 nitrogen and oxygen atoms in total. The van der Waals surface area contributed by atoms with Crippen molar-refractivity contribution in [1.29, 1.82) is 0 Å². The molecule has 2 aromatic rings. The van der Waals surface area contributed by atoms with Crippen molar-refractivity contribution < 1.29 is 13.2 Å². The van der Waals surface area contributed by atoms with Gasteiger partial charge in [-0.1, -0.05) is 6.92 Å². The zero-order valence-corrected chi connectivity index (χ0v) is 11.2. The van der Waals surface area contributed by atoms with Gasteiger partial charge >= 0.3 is 0 Å². The van der Waals surface area contributed by atoms with Gasteiger partial charge in [0.25, 0.3) is 0 Å². The van der Waals surface area contributed by atoms with E-state index in [9.17, 15) is 13.2 Å². The van der Waals surface area contributed by atoms with Crippen LogP contribution in [0.15, 0.2) is 18.5 Å². The van der Waals surface area contributed by atoms with Gasteiger partial charge in [0.1, 0.15) is 12.1 Å². The van der Waals surface area contributed by atoms with Crippen LogP contribution in [0.3, 0.4) is 0 Å². The molecule has 0 bridgehead atoms. The molecule has 0 saturated heterocycles. The number of nitrogens with zero attached hydrogens (tertiary/aromatic N) is 2. The van der Waals surface area contributed by atoms with Crippen molar-refractivity contribution in [3.63, 3.8) is 0 Å². The minimum Gasteiger partial charge on any atom is -0.370 e. The minimum absolute atomic E-state index is 0.181. The SMILES string of the molecule is CCCNc1ncnc(-c2cc(F)c(F)c(F)c2)c1C. The number of hydrogen-bond acceptors (Lipinski definition) is 3. The highest BCUT2D eigenvalue weighted by molar-refractivity contribution is 5.67. The Labute approximate surface area is 114 Å². The average molecular weight is 281 g/mol. The van der Waals surface area contributed by atoms with Crippen molar-refractivity contribution in [2.24, 2.45) is 0 Å². The summed E-state index contributed by atoms with van der Waals surface area (Å²) in [6, 6.07) is 1.86. The number of aromatic nitrogens is 2. The van der Waals surface area contributed by atoms with Crippen molar-refractivity contribution in [3.8, 4) is 11.3 Å². The Bertz CT molecular complexity index is 606. The lowest BCUT2D eigenvalue weighted by Gasteiger charge is -2.11. The number of rotatable bonds is 4. The first kappa shape index (κ1) is 14.3.